The van der Waals surface area contributed by atoms with Crippen LogP contribution in [0.5, 0.6) is 5.75 Å². The van der Waals surface area contributed by atoms with Gasteiger partial charge in [-0.25, -0.2) is 9.97 Å². The largest absolute Gasteiger partial charge is 0.486 e. The van der Waals surface area contributed by atoms with E-state index in [1.54, 1.807) is 30.4 Å². The summed E-state index contributed by atoms with van der Waals surface area (Å²) in [7, 11) is 0. The predicted molar refractivity (Wildman–Crippen MR) is 124 cm³/mol. The predicted octanol–water partition coefficient (Wildman–Crippen LogP) is 4.60. The van der Waals surface area contributed by atoms with Crippen molar-refractivity contribution in [3.8, 4) is 16.9 Å². The molecule has 6 nitrogen and oxygen atoms in total. The van der Waals surface area contributed by atoms with Crippen LogP contribution in [0, 0.1) is 0 Å². The second-order valence-corrected chi connectivity index (χ2v) is 7.88. The maximum atomic E-state index is 13.1. The van der Waals surface area contributed by atoms with Crippen LogP contribution in [-0.4, -0.2) is 25.7 Å². The molecule has 1 aromatic carbocycles. The Kier molecular flexibility index (Phi) is 5.33. The second-order valence-electron chi connectivity index (χ2n) is 6.99. The number of H-pyrrole nitrogens is 1. The minimum atomic E-state index is -0.165. The molecule has 0 spiro atoms. The van der Waals surface area contributed by atoms with E-state index in [4.69, 9.17) is 4.74 Å². The standard InChI is InChI=1S/C24H18N4O2S/c29-24-22(17-4-3-9-31-14-17)23(30-13-19-5-1-2-8-27-19)20-10-16(6-7-21(20)28-24)18-11-25-15-26-12-18/h1-12,15H,13-14H2,(H,28,29). The summed E-state index contributed by atoms with van der Waals surface area (Å²) in [6, 6.07) is 11.5. The third-order valence-corrected chi connectivity index (χ3v) is 5.81. The van der Waals surface area contributed by atoms with Gasteiger partial charge in [-0.05, 0) is 40.8 Å². The molecule has 1 aliphatic heterocycles. The number of aromatic amines is 1. The van der Waals surface area contributed by atoms with Gasteiger partial charge in [-0.2, -0.15) is 0 Å². The van der Waals surface area contributed by atoms with Crippen molar-refractivity contribution in [2.75, 3.05) is 5.75 Å². The molecule has 0 fully saturated rings. The molecule has 3 aromatic heterocycles. The monoisotopic (exact) mass is 426 g/mol. The molecule has 4 heterocycles. The first-order chi connectivity index (χ1) is 15.3. The fourth-order valence-electron chi connectivity index (χ4n) is 3.52. The van der Waals surface area contributed by atoms with Crippen LogP contribution in [0.25, 0.3) is 27.6 Å². The van der Waals surface area contributed by atoms with Crippen molar-refractivity contribution in [2.45, 2.75) is 6.61 Å². The summed E-state index contributed by atoms with van der Waals surface area (Å²) in [6.45, 7) is 0.265. The zero-order valence-corrected chi connectivity index (χ0v) is 17.3. The number of benzene rings is 1. The second kappa shape index (κ2) is 8.57. The topological polar surface area (TPSA) is 80.8 Å². The molecule has 152 valence electrons. The van der Waals surface area contributed by atoms with Crippen LogP contribution in [0.4, 0.5) is 0 Å². The Morgan fingerprint density at radius 1 is 1.10 bits per heavy atom. The smallest absolute Gasteiger partial charge is 0.259 e. The van der Waals surface area contributed by atoms with Crippen LogP contribution < -0.4 is 10.3 Å². The summed E-state index contributed by atoms with van der Waals surface area (Å²) < 4.78 is 6.27. The van der Waals surface area contributed by atoms with Crippen LogP contribution in [0.3, 0.4) is 0 Å². The van der Waals surface area contributed by atoms with Gasteiger partial charge in [0.25, 0.3) is 5.56 Å². The Bertz CT molecular complexity index is 1350. The Balaban J connectivity index is 1.69. The van der Waals surface area contributed by atoms with Gasteiger partial charge in [0.05, 0.1) is 16.8 Å². The van der Waals surface area contributed by atoms with E-state index < -0.39 is 0 Å². The van der Waals surface area contributed by atoms with E-state index in [2.05, 4.69) is 19.9 Å². The third kappa shape index (κ3) is 4.00. The summed E-state index contributed by atoms with van der Waals surface area (Å²) >= 11 is 1.65. The molecule has 0 amide bonds. The first-order valence-electron chi connectivity index (χ1n) is 9.75. The van der Waals surface area contributed by atoms with Crippen LogP contribution in [-0.2, 0) is 6.61 Å². The van der Waals surface area contributed by atoms with Gasteiger partial charge >= 0.3 is 0 Å². The van der Waals surface area contributed by atoms with E-state index >= 15 is 0 Å². The highest BCUT2D eigenvalue weighted by Crippen LogP contribution is 2.36. The highest BCUT2D eigenvalue weighted by Gasteiger charge is 2.19. The SMILES string of the molecule is O=c1[nH]c2ccc(-c3cncnc3)cc2c(OCc2ccccn2)c1C1=CC=CSC1. The molecule has 0 unspecified atom stereocenters. The number of rotatable bonds is 5. The van der Waals surface area contributed by atoms with E-state index in [1.807, 2.05) is 54.0 Å². The summed E-state index contributed by atoms with van der Waals surface area (Å²) in [5.74, 6) is 1.27. The summed E-state index contributed by atoms with van der Waals surface area (Å²) in [5.41, 5.74) is 4.67. The van der Waals surface area contributed by atoms with Gasteiger partial charge in [-0.3, -0.25) is 9.78 Å². The van der Waals surface area contributed by atoms with Gasteiger partial charge in [0.1, 0.15) is 18.7 Å². The molecular formula is C24H18N4O2S. The lowest BCUT2D eigenvalue weighted by atomic mass is 10.0. The Labute approximate surface area is 182 Å². The molecule has 4 aromatic rings. The first-order valence-corrected chi connectivity index (χ1v) is 10.8. The average Bonchev–Trinajstić information content (AvgIpc) is 2.84. The molecular weight excluding hydrogens is 408 g/mol. The van der Waals surface area contributed by atoms with Gasteiger partial charge in [-0.1, -0.05) is 24.3 Å². The number of allylic oxidation sites excluding steroid dienone is 2. The Hall–Kier alpha value is -3.71. The van der Waals surface area contributed by atoms with E-state index in [0.29, 0.717) is 22.6 Å². The fraction of sp³-hybridized carbons (Fsp3) is 0.0833. The fourth-order valence-corrected chi connectivity index (χ4v) is 4.22. The van der Waals surface area contributed by atoms with Gasteiger partial charge in [0, 0.05) is 35.3 Å². The van der Waals surface area contributed by atoms with Crippen molar-refractivity contribution in [1.29, 1.82) is 0 Å². The van der Waals surface area contributed by atoms with Gasteiger partial charge in [0.15, 0.2) is 0 Å². The molecule has 31 heavy (non-hydrogen) atoms. The van der Waals surface area contributed by atoms with Crippen LogP contribution in [0.1, 0.15) is 11.3 Å². The van der Waals surface area contributed by atoms with Gasteiger partial charge in [0.2, 0.25) is 0 Å². The number of aromatic nitrogens is 4. The molecule has 0 atom stereocenters. The van der Waals surface area contributed by atoms with Crippen molar-refractivity contribution < 1.29 is 4.74 Å². The van der Waals surface area contributed by atoms with Crippen LogP contribution >= 0.6 is 11.8 Å². The van der Waals surface area contributed by atoms with Crippen molar-refractivity contribution >= 4 is 28.2 Å². The lowest BCUT2D eigenvalue weighted by molar-refractivity contribution is 0.303. The number of pyridine rings is 2. The van der Waals surface area contributed by atoms with Crippen LogP contribution in [0.15, 0.2) is 83.7 Å². The minimum Gasteiger partial charge on any atom is -0.486 e. The normalized spacial score (nSPS) is 13.2. The minimum absolute atomic E-state index is 0.165. The van der Waals surface area contributed by atoms with E-state index in [-0.39, 0.29) is 12.2 Å². The number of hydrogen-bond acceptors (Lipinski definition) is 6. The van der Waals surface area contributed by atoms with Gasteiger partial charge < -0.3 is 9.72 Å². The lowest BCUT2D eigenvalue weighted by Crippen LogP contribution is -2.16. The third-order valence-electron chi connectivity index (χ3n) is 4.98. The summed E-state index contributed by atoms with van der Waals surface area (Å²) in [4.78, 5) is 28.7. The Morgan fingerprint density at radius 2 is 2.00 bits per heavy atom. The number of nitrogens with one attached hydrogen (secondary N) is 1. The first kappa shape index (κ1) is 19.3. The summed E-state index contributed by atoms with van der Waals surface area (Å²) in [5, 5.41) is 2.84. The Morgan fingerprint density at radius 3 is 2.77 bits per heavy atom. The molecule has 0 radical (unpaired) electrons. The molecule has 1 aliphatic rings. The molecule has 0 saturated heterocycles. The quantitative estimate of drug-likeness (QED) is 0.502. The number of nitrogens with zero attached hydrogens (tertiary/aromatic N) is 3. The number of fused-ring (bicyclic) bond motifs is 1. The zero-order chi connectivity index (χ0) is 21.0. The highest BCUT2D eigenvalue weighted by molar-refractivity contribution is 8.02. The molecule has 0 saturated carbocycles. The maximum Gasteiger partial charge on any atom is 0.259 e. The maximum absolute atomic E-state index is 13.1. The van der Waals surface area contributed by atoms with E-state index in [9.17, 15) is 4.79 Å². The van der Waals surface area contributed by atoms with Crippen molar-refractivity contribution in [3.63, 3.8) is 0 Å². The van der Waals surface area contributed by atoms with Crippen molar-refractivity contribution in [1.82, 2.24) is 19.9 Å². The number of thioether (sulfide) groups is 1. The van der Waals surface area contributed by atoms with Crippen molar-refractivity contribution in [2.24, 2.45) is 0 Å². The summed E-state index contributed by atoms with van der Waals surface area (Å²) in [6.07, 6.45) is 10.7. The molecule has 5 rings (SSSR count). The lowest BCUT2D eigenvalue weighted by Gasteiger charge is -2.17. The average molecular weight is 427 g/mol. The molecule has 1 N–H and O–H groups in total. The van der Waals surface area contributed by atoms with E-state index in [0.717, 1.165) is 27.8 Å². The molecule has 0 bridgehead atoms. The highest BCUT2D eigenvalue weighted by atomic mass is 32.2. The number of ether oxygens (including phenoxy) is 1. The van der Waals surface area contributed by atoms with Crippen molar-refractivity contribution in [3.05, 3.63) is 100 Å². The molecule has 0 aliphatic carbocycles. The van der Waals surface area contributed by atoms with Gasteiger partial charge in [-0.15, -0.1) is 11.8 Å². The van der Waals surface area contributed by atoms with E-state index in [1.165, 1.54) is 6.33 Å². The van der Waals surface area contributed by atoms with Crippen LogP contribution in [0.2, 0.25) is 0 Å². The zero-order valence-electron chi connectivity index (χ0n) is 16.5. The molecule has 7 heteroatoms. The number of hydrogen-bond donors (Lipinski definition) is 1.